The minimum Gasteiger partial charge on any atom is -0.507 e. The maximum absolute atomic E-state index is 10.3. The first-order valence-electron chi connectivity index (χ1n) is 6.79. The lowest BCUT2D eigenvalue weighted by atomic mass is 9.97. The second-order valence-corrected chi connectivity index (χ2v) is 5.50. The minimum absolute atomic E-state index is 0.304. The fourth-order valence-corrected chi connectivity index (χ4v) is 1.89. The molecule has 1 N–H and O–H groups in total. The van der Waals surface area contributed by atoms with E-state index in [1.165, 1.54) is 5.56 Å². The van der Waals surface area contributed by atoms with Crippen LogP contribution in [0.1, 0.15) is 50.8 Å². The van der Waals surface area contributed by atoms with Crippen molar-refractivity contribution in [2.24, 2.45) is 10.9 Å². The van der Waals surface area contributed by atoms with E-state index in [1.54, 1.807) is 6.21 Å². The molecule has 1 rings (SSSR count). The predicted octanol–water partition coefficient (Wildman–Crippen LogP) is 4.12. The van der Waals surface area contributed by atoms with Gasteiger partial charge in [0.1, 0.15) is 5.75 Å². The van der Waals surface area contributed by atoms with E-state index in [0.29, 0.717) is 17.7 Å². The van der Waals surface area contributed by atoms with Crippen LogP contribution in [0.2, 0.25) is 0 Å². The molecule has 0 radical (unpaired) electrons. The van der Waals surface area contributed by atoms with Crippen molar-refractivity contribution in [2.75, 3.05) is 0 Å². The fourth-order valence-electron chi connectivity index (χ4n) is 1.89. The summed E-state index contributed by atoms with van der Waals surface area (Å²) in [5, 5.41) is 10.3. The zero-order chi connectivity index (χ0) is 13.7. The number of nitrogens with zero attached hydrogens (tertiary/aromatic N) is 1. The highest BCUT2D eigenvalue weighted by Crippen LogP contribution is 2.25. The van der Waals surface area contributed by atoms with Gasteiger partial charge in [-0.2, -0.15) is 0 Å². The molecule has 2 heteroatoms. The molecule has 18 heavy (non-hydrogen) atoms. The van der Waals surface area contributed by atoms with E-state index in [1.807, 2.05) is 6.07 Å². The zero-order valence-electron chi connectivity index (χ0n) is 12.2. The Labute approximate surface area is 111 Å². The fraction of sp³-hybridized carbons (Fsp3) is 0.562. The lowest BCUT2D eigenvalue weighted by Crippen LogP contribution is -2.00. The van der Waals surface area contributed by atoms with E-state index in [9.17, 15) is 5.11 Å². The Morgan fingerprint density at radius 1 is 1.28 bits per heavy atom. The number of aliphatic imine (C=N–C) groups is 1. The van der Waals surface area contributed by atoms with Gasteiger partial charge < -0.3 is 5.11 Å². The Bertz CT molecular complexity index is 421. The molecule has 0 spiro atoms. The highest BCUT2D eigenvalue weighted by atomic mass is 16.3. The predicted molar refractivity (Wildman–Crippen MR) is 78.7 cm³/mol. The van der Waals surface area contributed by atoms with E-state index in [4.69, 9.17) is 0 Å². The molecule has 1 aromatic rings. The molecule has 2 nitrogen and oxygen atoms in total. The molecular formula is C16H25NO. The van der Waals surface area contributed by atoms with Crippen molar-refractivity contribution in [3.63, 3.8) is 0 Å². The number of benzene rings is 1. The molecule has 0 bridgehead atoms. The lowest BCUT2D eigenvalue weighted by molar-refractivity contribution is 0.461. The number of hydrogen-bond donors (Lipinski definition) is 1. The molecule has 0 aliphatic carbocycles. The Kier molecular flexibility index (Phi) is 5.39. The molecule has 1 atom stereocenters. The van der Waals surface area contributed by atoms with E-state index >= 15 is 0 Å². The lowest BCUT2D eigenvalue weighted by Gasteiger charge is -2.11. The molecule has 1 aromatic carbocycles. The number of phenolic OH excluding ortho intramolecular Hbond substituents is 1. The number of phenols is 1. The van der Waals surface area contributed by atoms with Crippen LogP contribution < -0.4 is 0 Å². The molecule has 0 amide bonds. The third kappa shape index (κ3) is 4.17. The van der Waals surface area contributed by atoms with Crippen LogP contribution in [0.4, 0.5) is 0 Å². The third-order valence-corrected chi connectivity index (χ3v) is 3.05. The first kappa shape index (κ1) is 14.7. The van der Waals surface area contributed by atoms with E-state index in [0.717, 1.165) is 24.0 Å². The molecule has 0 aliphatic heterocycles. The first-order valence-corrected chi connectivity index (χ1v) is 6.79. The van der Waals surface area contributed by atoms with Crippen LogP contribution in [0.3, 0.4) is 0 Å². The van der Waals surface area contributed by atoms with Crippen molar-refractivity contribution in [3.05, 3.63) is 28.8 Å². The van der Waals surface area contributed by atoms with Gasteiger partial charge >= 0.3 is 0 Å². The summed E-state index contributed by atoms with van der Waals surface area (Å²) in [6.07, 6.45) is 3.72. The molecule has 0 heterocycles. The van der Waals surface area contributed by atoms with Crippen LogP contribution in [0.25, 0.3) is 0 Å². The number of aryl methyl sites for hydroxylation is 1. The summed E-state index contributed by atoms with van der Waals surface area (Å²) < 4.78 is 0. The Hall–Kier alpha value is -1.31. The van der Waals surface area contributed by atoms with Gasteiger partial charge in [0, 0.05) is 17.8 Å². The van der Waals surface area contributed by atoms with Gasteiger partial charge in [-0.25, -0.2) is 0 Å². The maximum atomic E-state index is 10.3. The van der Waals surface area contributed by atoms with Gasteiger partial charge in [-0.1, -0.05) is 26.8 Å². The normalized spacial score (nSPS) is 13.4. The zero-order valence-corrected chi connectivity index (χ0v) is 12.2. The van der Waals surface area contributed by atoms with E-state index in [-0.39, 0.29) is 0 Å². The van der Waals surface area contributed by atoms with Gasteiger partial charge in [0.2, 0.25) is 0 Å². The van der Waals surface area contributed by atoms with Crippen LogP contribution in [0.15, 0.2) is 17.1 Å². The maximum Gasteiger partial charge on any atom is 0.127 e. The van der Waals surface area contributed by atoms with Gasteiger partial charge in [-0.3, -0.25) is 4.99 Å². The van der Waals surface area contributed by atoms with Crippen LogP contribution in [0, 0.1) is 12.8 Å². The molecular weight excluding hydrogens is 222 g/mol. The minimum atomic E-state index is 0.304. The largest absolute Gasteiger partial charge is 0.507 e. The third-order valence-electron chi connectivity index (χ3n) is 3.05. The summed E-state index contributed by atoms with van der Waals surface area (Å²) in [4.78, 5) is 4.45. The van der Waals surface area contributed by atoms with Crippen molar-refractivity contribution >= 4 is 6.21 Å². The molecule has 1 unspecified atom stereocenters. The summed E-state index contributed by atoms with van der Waals surface area (Å²) in [5.41, 5.74) is 3.04. The van der Waals surface area contributed by atoms with E-state index < -0.39 is 0 Å². The summed E-state index contributed by atoms with van der Waals surface area (Å²) in [6, 6.07) is 4.36. The monoisotopic (exact) mass is 247 g/mol. The second kappa shape index (κ2) is 6.58. The summed E-state index contributed by atoms with van der Waals surface area (Å²) >= 11 is 0. The molecule has 0 saturated carbocycles. The van der Waals surface area contributed by atoms with Gasteiger partial charge in [-0.05, 0) is 49.8 Å². The topological polar surface area (TPSA) is 32.6 Å². The molecule has 0 saturated heterocycles. The van der Waals surface area contributed by atoms with Gasteiger partial charge in [0.25, 0.3) is 0 Å². The second-order valence-electron chi connectivity index (χ2n) is 5.50. The van der Waals surface area contributed by atoms with Crippen LogP contribution in [-0.2, 0) is 6.42 Å². The van der Waals surface area contributed by atoms with Crippen molar-refractivity contribution in [1.29, 1.82) is 0 Å². The average Bonchev–Trinajstić information content (AvgIpc) is 2.30. The molecule has 0 fully saturated rings. The van der Waals surface area contributed by atoms with Crippen molar-refractivity contribution < 1.29 is 5.11 Å². The summed E-state index contributed by atoms with van der Waals surface area (Å²) in [7, 11) is 0. The van der Waals surface area contributed by atoms with Gasteiger partial charge in [0.15, 0.2) is 0 Å². The summed E-state index contributed by atoms with van der Waals surface area (Å²) in [5.74, 6) is 0.929. The first-order chi connectivity index (χ1) is 8.43. The van der Waals surface area contributed by atoms with Crippen LogP contribution >= 0.6 is 0 Å². The van der Waals surface area contributed by atoms with Crippen molar-refractivity contribution in [1.82, 2.24) is 0 Å². The molecule has 0 aliphatic rings. The number of rotatable bonds is 5. The highest BCUT2D eigenvalue weighted by molar-refractivity contribution is 5.84. The Morgan fingerprint density at radius 3 is 2.50 bits per heavy atom. The molecule has 100 valence electrons. The smallest absolute Gasteiger partial charge is 0.127 e. The van der Waals surface area contributed by atoms with Gasteiger partial charge in [0.05, 0.1) is 0 Å². The summed E-state index contributed by atoms with van der Waals surface area (Å²) in [6.45, 7) is 10.6. The van der Waals surface area contributed by atoms with Crippen molar-refractivity contribution in [2.45, 2.75) is 53.5 Å². The van der Waals surface area contributed by atoms with Crippen LogP contribution in [-0.4, -0.2) is 17.4 Å². The highest BCUT2D eigenvalue weighted by Gasteiger charge is 2.09. The Balaban J connectivity index is 3.05. The Morgan fingerprint density at radius 2 is 1.94 bits per heavy atom. The number of hydrogen-bond acceptors (Lipinski definition) is 2. The number of aromatic hydroxyl groups is 1. The quantitative estimate of drug-likeness (QED) is 0.780. The van der Waals surface area contributed by atoms with E-state index in [2.05, 4.69) is 45.7 Å². The van der Waals surface area contributed by atoms with Gasteiger partial charge in [-0.15, -0.1) is 0 Å². The van der Waals surface area contributed by atoms with Crippen LogP contribution in [0.5, 0.6) is 5.75 Å². The van der Waals surface area contributed by atoms with Crippen molar-refractivity contribution in [3.8, 4) is 5.75 Å². The standard InChI is InChI=1S/C16H25NO/c1-6-13(5)17-10-15-9-12(4)8-14(16(15)18)7-11(2)3/h8-11,13,18H,6-7H2,1-5H3. The molecule has 0 aromatic heterocycles. The SMILES string of the molecule is CCC(C)N=Cc1cc(C)cc(CC(C)C)c1O. The average molecular weight is 247 g/mol.